The van der Waals surface area contributed by atoms with Crippen LogP contribution in [0.5, 0.6) is 0 Å². The number of nitrogens with zero attached hydrogens (tertiary/aromatic N) is 3. The molecule has 2 heterocycles. The van der Waals surface area contributed by atoms with Gasteiger partial charge in [0.2, 0.25) is 0 Å². The van der Waals surface area contributed by atoms with Gasteiger partial charge in [0.15, 0.2) is 0 Å². The van der Waals surface area contributed by atoms with Crippen molar-refractivity contribution in [2.24, 2.45) is 0 Å². The number of H-pyrrole nitrogens is 2. The molecule has 0 unspecified atom stereocenters. The number of imidazole rings is 1. The number of benzene rings is 2. The second-order valence-electron chi connectivity index (χ2n) is 6.04. The Morgan fingerprint density at radius 2 is 2.07 bits per heavy atom. The lowest BCUT2D eigenvalue weighted by Gasteiger charge is -2.01. The number of aryl methyl sites for hydroxylation is 1. The van der Waals surface area contributed by atoms with Gasteiger partial charge in [-0.2, -0.15) is 5.26 Å². The van der Waals surface area contributed by atoms with Crippen molar-refractivity contribution >= 4 is 34.3 Å². The van der Waals surface area contributed by atoms with E-state index in [-0.39, 0.29) is 11.1 Å². The maximum atomic E-state index is 12.9. The molecule has 4 aromatic rings. The number of fused-ring (bicyclic) bond motifs is 1. The van der Waals surface area contributed by atoms with Gasteiger partial charge in [-0.15, -0.1) is 0 Å². The summed E-state index contributed by atoms with van der Waals surface area (Å²) in [6.07, 6.45) is 1.55. The Bertz CT molecular complexity index is 1250. The Balaban J connectivity index is 1.83. The Kier molecular flexibility index (Phi) is 4.15. The molecule has 0 aliphatic rings. The Morgan fingerprint density at radius 3 is 2.81 bits per heavy atom. The van der Waals surface area contributed by atoms with Crippen LogP contribution < -0.4 is 5.56 Å². The van der Waals surface area contributed by atoms with Gasteiger partial charge in [0.1, 0.15) is 11.9 Å². The SMILES string of the molecule is Cc1[nH]n(-c2cccc(Cl)c2)c(=O)c1/C=C(/C#N)c1nc2ccccc2[nH]1. The second-order valence-corrected chi connectivity index (χ2v) is 6.48. The Labute approximate surface area is 159 Å². The molecule has 7 heteroatoms. The Hall–Kier alpha value is -3.56. The quantitative estimate of drug-likeness (QED) is 0.529. The molecule has 0 saturated carbocycles. The number of rotatable bonds is 3. The Morgan fingerprint density at radius 1 is 1.26 bits per heavy atom. The fraction of sp³-hybridized carbons (Fsp3) is 0.0500. The van der Waals surface area contributed by atoms with Crippen LogP contribution in [0.3, 0.4) is 0 Å². The lowest BCUT2D eigenvalue weighted by atomic mass is 10.1. The number of aromatic nitrogens is 4. The van der Waals surface area contributed by atoms with Crippen molar-refractivity contribution in [3.8, 4) is 11.8 Å². The molecule has 2 aromatic heterocycles. The molecule has 2 N–H and O–H groups in total. The summed E-state index contributed by atoms with van der Waals surface area (Å²) in [5, 5.41) is 13.1. The molecular formula is C20H14ClN5O. The van der Waals surface area contributed by atoms with Crippen LogP contribution in [0, 0.1) is 18.3 Å². The molecule has 0 aliphatic carbocycles. The number of nitrogens with one attached hydrogen (secondary N) is 2. The summed E-state index contributed by atoms with van der Waals surface area (Å²) in [5.74, 6) is 0.424. The molecule has 6 nitrogen and oxygen atoms in total. The van der Waals surface area contributed by atoms with E-state index < -0.39 is 0 Å². The van der Waals surface area contributed by atoms with Crippen molar-refractivity contribution in [1.82, 2.24) is 19.7 Å². The van der Waals surface area contributed by atoms with Gasteiger partial charge < -0.3 is 4.98 Å². The van der Waals surface area contributed by atoms with Gasteiger partial charge in [0, 0.05) is 10.7 Å². The molecular weight excluding hydrogens is 362 g/mol. The maximum Gasteiger partial charge on any atom is 0.278 e. The van der Waals surface area contributed by atoms with Crippen molar-refractivity contribution < 1.29 is 0 Å². The van der Waals surface area contributed by atoms with Gasteiger partial charge in [-0.1, -0.05) is 29.8 Å². The summed E-state index contributed by atoms with van der Waals surface area (Å²) in [4.78, 5) is 20.4. The predicted molar refractivity (Wildman–Crippen MR) is 106 cm³/mol. The van der Waals surface area contributed by atoms with Gasteiger partial charge in [0.25, 0.3) is 5.56 Å². The zero-order chi connectivity index (χ0) is 19.0. The second kappa shape index (κ2) is 6.63. The average molecular weight is 376 g/mol. The van der Waals surface area contributed by atoms with Crippen molar-refractivity contribution in [3.63, 3.8) is 0 Å². The molecule has 0 amide bonds. The monoisotopic (exact) mass is 375 g/mol. The molecule has 0 bridgehead atoms. The minimum Gasteiger partial charge on any atom is -0.337 e. The number of halogens is 1. The average Bonchev–Trinajstić information content (AvgIpc) is 3.21. The number of aromatic amines is 2. The third kappa shape index (κ3) is 3.05. The van der Waals surface area contributed by atoms with E-state index in [1.54, 1.807) is 37.3 Å². The predicted octanol–water partition coefficient (Wildman–Crippen LogP) is 4.07. The standard InChI is InChI=1S/C20H14ClN5O/c1-12-16(20(27)26(25-12)15-6-4-5-14(21)10-15)9-13(11-22)19-23-17-7-2-3-8-18(17)24-19/h2-10,25H,1H3,(H,23,24)/b13-9-. The fourth-order valence-electron chi connectivity index (χ4n) is 2.90. The van der Waals surface area contributed by atoms with Crippen LogP contribution in [0.2, 0.25) is 5.02 Å². The summed E-state index contributed by atoms with van der Waals surface area (Å²) in [6.45, 7) is 1.78. The van der Waals surface area contributed by atoms with Crippen molar-refractivity contribution in [2.75, 3.05) is 0 Å². The number of nitriles is 1. The van der Waals surface area contributed by atoms with E-state index in [2.05, 4.69) is 21.1 Å². The lowest BCUT2D eigenvalue weighted by Crippen LogP contribution is -2.15. The van der Waals surface area contributed by atoms with Gasteiger partial charge in [0.05, 0.1) is 27.9 Å². The molecule has 4 rings (SSSR count). The first kappa shape index (κ1) is 16.9. The normalized spacial score (nSPS) is 11.7. The van der Waals surface area contributed by atoms with Crippen LogP contribution in [-0.2, 0) is 0 Å². The minimum atomic E-state index is -0.265. The highest BCUT2D eigenvalue weighted by Gasteiger charge is 2.14. The molecule has 0 radical (unpaired) electrons. The first-order valence-corrected chi connectivity index (χ1v) is 8.59. The summed E-state index contributed by atoms with van der Waals surface area (Å²) in [7, 11) is 0. The van der Waals surface area contributed by atoms with E-state index in [4.69, 9.17) is 11.6 Å². The van der Waals surface area contributed by atoms with E-state index in [0.29, 0.717) is 27.8 Å². The van der Waals surface area contributed by atoms with Crippen molar-refractivity contribution in [2.45, 2.75) is 6.92 Å². The first-order chi connectivity index (χ1) is 13.1. The molecule has 0 saturated heterocycles. The van der Waals surface area contributed by atoms with E-state index in [0.717, 1.165) is 11.0 Å². The van der Waals surface area contributed by atoms with Crippen LogP contribution in [0.1, 0.15) is 17.1 Å². The third-order valence-electron chi connectivity index (χ3n) is 4.24. The summed E-state index contributed by atoms with van der Waals surface area (Å²) >= 11 is 6.02. The molecule has 0 atom stereocenters. The maximum absolute atomic E-state index is 12.9. The molecule has 0 spiro atoms. The summed E-state index contributed by atoms with van der Waals surface area (Å²) in [5.41, 5.74) is 3.27. The van der Waals surface area contributed by atoms with E-state index in [1.165, 1.54) is 4.68 Å². The largest absolute Gasteiger partial charge is 0.337 e. The zero-order valence-electron chi connectivity index (χ0n) is 14.3. The van der Waals surface area contributed by atoms with Crippen LogP contribution in [-0.4, -0.2) is 19.7 Å². The fourth-order valence-corrected chi connectivity index (χ4v) is 3.09. The lowest BCUT2D eigenvalue weighted by molar-refractivity contribution is 0.835. The smallest absolute Gasteiger partial charge is 0.278 e. The number of hydrogen-bond acceptors (Lipinski definition) is 3. The topological polar surface area (TPSA) is 90.3 Å². The highest BCUT2D eigenvalue weighted by atomic mass is 35.5. The number of hydrogen-bond donors (Lipinski definition) is 2. The highest BCUT2D eigenvalue weighted by Crippen LogP contribution is 2.20. The van der Waals surface area contributed by atoms with Gasteiger partial charge in [-0.3, -0.25) is 9.89 Å². The van der Waals surface area contributed by atoms with Crippen molar-refractivity contribution in [1.29, 1.82) is 5.26 Å². The summed E-state index contributed by atoms with van der Waals surface area (Å²) < 4.78 is 1.40. The first-order valence-electron chi connectivity index (χ1n) is 8.21. The third-order valence-corrected chi connectivity index (χ3v) is 4.47. The summed E-state index contributed by atoms with van der Waals surface area (Å²) in [6, 6.07) is 16.6. The van der Waals surface area contributed by atoms with Crippen LogP contribution in [0.4, 0.5) is 0 Å². The van der Waals surface area contributed by atoms with Crippen molar-refractivity contribution in [3.05, 3.63) is 81.0 Å². The molecule has 0 aliphatic heterocycles. The van der Waals surface area contributed by atoms with Crippen LogP contribution >= 0.6 is 11.6 Å². The molecule has 0 fully saturated rings. The van der Waals surface area contributed by atoms with E-state index in [1.807, 2.05) is 24.3 Å². The van der Waals surface area contributed by atoms with E-state index in [9.17, 15) is 10.1 Å². The number of para-hydroxylation sites is 2. The molecule has 27 heavy (non-hydrogen) atoms. The van der Waals surface area contributed by atoms with Crippen LogP contribution in [0.15, 0.2) is 53.3 Å². The van der Waals surface area contributed by atoms with Gasteiger partial charge in [-0.25, -0.2) is 9.67 Å². The van der Waals surface area contributed by atoms with Gasteiger partial charge in [-0.05, 0) is 43.3 Å². The number of allylic oxidation sites excluding steroid dienone is 1. The van der Waals surface area contributed by atoms with Crippen LogP contribution in [0.25, 0.3) is 28.4 Å². The molecule has 2 aromatic carbocycles. The minimum absolute atomic E-state index is 0.265. The zero-order valence-corrected chi connectivity index (χ0v) is 15.1. The molecule has 132 valence electrons. The highest BCUT2D eigenvalue weighted by molar-refractivity contribution is 6.30. The van der Waals surface area contributed by atoms with E-state index >= 15 is 0 Å². The van der Waals surface area contributed by atoms with Gasteiger partial charge >= 0.3 is 0 Å².